The van der Waals surface area contributed by atoms with Gasteiger partial charge in [0.05, 0.1) is 17.8 Å². The van der Waals surface area contributed by atoms with Gasteiger partial charge in [0.1, 0.15) is 16.6 Å². The van der Waals surface area contributed by atoms with Gasteiger partial charge in [0, 0.05) is 25.2 Å². The summed E-state index contributed by atoms with van der Waals surface area (Å²) in [6.45, 7) is 0.282. The number of halogens is 2. The Labute approximate surface area is 173 Å². The molecule has 1 aliphatic heterocycles. The molecule has 0 radical (unpaired) electrons. The van der Waals surface area contributed by atoms with Gasteiger partial charge in [-0.3, -0.25) is 5.41 Å². The summed E-state index contributed by atoms with van der Waals surface area (Å²) in [5.74, 6) is 0.436. The van der Waals surface area contributed by atoms with Crippen molar-refractivity contribution in [2.75, 3.05) is 11.4 Å². The predicted octanol–water partition coefficient (Wildman–Crippen LogP) is 5.83. The third-order valence-electron chi connectivity index (χ3n) is 4.10. The van der Waals surface area contributed by atoms with E-state index in [1.807, 2.05) is 53.9 Å². The second kappa shape index (κ2) is 7.02. The lowest BCUT2D eigenvalue weighted by atomic mass is 10.2. The Morgan fingerprint density at radius 3 is 2.50 bits per heavy atom. The molecule has 3 aromatic rings. The minimum atomic E-state index is 0.172. The number of nitrogens with one attached hydrogen (secondary N) is 1. The Hall–Kier alpha value is -1.90. The molecular formula is C19H13ClIN3OS. The zero-order chi connectivity index (χ0) is 18.3. The number of thiazole rings is 1. The zero-order valence-electron chi connectivity index (χ0n) is 13.4. The standard InChI is InChI=1S/C19H13ClIN3OS/c20-12-3-1-11(2-4-12)15-10-26-19(23-15)17-16(25)9-24(18(17)22)14-7-5-13(21)6-8-14/h1-8,10,22,25H,9H2. The Morgan fingerprint density at radius 1 is 1.12 bits per heavy atom. The van der Waals surface area contributed by atoms with Gasteiger partial charge in [-0.1, -0.05) is 23.7 Å². The van der Waals surface area contributed by atoms with E-state index in [0.29, 0.717) is 15.6 Å². The van der Waals surface area contributed by atoms with Crippen molar-refractivity contribution in [3.05, 3.63) is 73.3 Å². The van der Waals surface area contributed by atoms with Gasteiger partial charge >= 0.3 is 0 Å². The second-order valence-electron chi connectivity index (χ2n) is 5.78. The molecule has 2 N–H and O–H groups in total. The largest absolute Gasteiger partial charge is 0.510 e. The van der Waals surface area contributed by atoms with E-state index in [1.54, 1.807) is 4.90 Å². The van der Waals surface area contributed by atoms with Crippen LogP contribution in [0.3, 0.4) is 0 Å². The summed E-state index contributed by atoms with van der Waals surface area (Å²) < 4.78 is 1.13. The summed E-state index contributed by atoms with van der Waals surface area (Å²) in [5, 5.41) is 22.2. The molecule has 26 heavy (non-hydrogen) atoms. The molecule has 1 aromatic heterocycles. The Balaban J connectivity index is 1.63. The number of hydrogen-bond donors (Lipinski definition) is 2. The first-order valence-corrected chi connectivity index (χ1v) is 10.1. The third-order valence-corrected chi connectivity index (χ3v) is 5.93. The quantitative estimate of drug-likeness (QED) is 0.451. The van der Waals surface area contributed by atoms with Gasteiger partial charge in [0.25, 0.3) is 0 Å². The van der Waals surface area contributed by atoms with Crippen LogP contribution in [0, 0.1) is 8.98 Å². The Morgan fingerprint density at radius 2 is 1.81 bits per heavy atom. The van der Waals surface area contributed by atoms with Crippen LogP contribution in [0.15, 0.2) is 59.7 Å². The third kappa shape index (κ3) is 3.24. The van der Waals surface area contributed by atoms with E-state index < -0.39 is 0 Å². The molecule has 0 spiro atoms. The summed E-state index contributed by atoms with van der Waals surface area (Å²) in [6, 6.07) is 15.3. The zero-order valence-corrected chi connectivity index (χ0v) is 17.1. The van der Waals surface area contributed by atoms with Crippen LogP contribution in [0.4, 0.5) is 5.69 Å². The van der Waals surface area contributed by atoms with Crippen molar-refractivity contribution in [2.24, 2.45) is 0 Å². The second-order valence-corrected chi connectivity index (χ2v) is 8.32. The maximum absolute atomic E-state index is 10.5. The monoisotopic (exact) mass is 493 g/mol. The number of benzene rings is 2. The molecular weight excluding hydrogens is 481 g/mol. The first kappa shape index (κ1) is 17.5. The lowest BCUT2D eigenvalue weighted by molar-refractivity contribution is 0.411. The lowest BCUT2D eigenvalue weighted by Crippen LogP contribution is -2.25. The topological polar surface area (TPSA) is 60.2 Å². The molecule has 0 saturated carbocycles. The van der Waals surface area contributed by atoms with Crippen molar-refractivity contribution in [2.45, 2.75) is 0 Å². The number of nitrogens with zero attached hydrogens (tertiary/aromatic N) is 2. The molecule has 0 atom stereocenters. The van der Waals surface area contributed by atoms with Crippen molar-refractivity contribution in [1.82, 2.24) is 4.98 Å². The summed E-state index contributed by atoms with van der Waals surface area (Å²) in [4.78, 5) is 6.41. The Bertz CT molecular complexity index is 1010. The average Bonchev–Trinajstić information content (AvgIpc) is 3.21. The van der Waals surface area contributed by atoms with Crippen LogP contribution < -0.4 is 4.90 Å². The number of aliphatic hydroxyl groups excluding tert-OH is 1. The first-order chi connectivity index (χ1) is 12.5. The molecule has 2 aromatic carbocycles. The summed E-state index contributed by atoms with van der Waals surface area (Å²) >= 11 is 9.60. The molecule has 1 aliphatic rings. The maximum atomic E-state index is 10.5. The van der Waals surface area contributed by atoms with Crippen molar-refractivity contribution < 1.29 is 5.11 Å². The van der Waals surface area contributed by atoms with Gasteiger partial charge in [-0.2, -0.15) is 0 Å². The van der Waals surface area contributed by atoms with Crippen LogP contribution in [0.1, 0.15) is 5.01 Å². The fraction of sp³-hybridized carbons (Fsp3) is 0.0526. The van der Waals surface area contributed by atoms with Gasteiger partial charge in [0.2, 0.25) is 0 Å². The average molecular weight is 494 g/mol. The number of amidine groups is 1. The molecule has 130 valence electrons. The number of anilines is 1. The van der Waals surface area contributed by atoms with Crippen LogP contribution >= 0.6 is 45.5 Å². The molecule has 0 fully saturated rings. The first-order valence-electron chi connectivity index (χ1n) is 7.79. The fourth-order valence-electron chi connectivity index (χ4n) is 2.79. The van der Waals surface area contributed by atoms with Crippen LogP contribution in [-0.2, 0) is 0 Å². The molecule has 0 aliphatic carbocycles. The van der Waals surface area contributed by atoms with E-state index in [9.17, 15) is 5.11 Å². The fourth-order valence-corrected chi connectivity index (χ4v) is 4.17. The normalized spacial score (nSPS) is 14.4. The van der Waals surface area contributed by atoms with Gasteiger partial charge in [-0.25, -0.2) is 4.98 Å². The lowest BCUT2D eigenvalue weighted by Gasteiger charge is -2.18. The number of rotatable bonds is 3. The minimum absolute atomic E-state index is 0.172. The Kier molecular flexibility index (Phi) is 4.73. The number of aromatic nitrogens is 1. The summed E-state index contributed by atoms with van der Waals surface area (Å²) in [5.41, 5.74) is 3.14. The van der Waals surface area contributed by atoms with Gasteiger partial charge < -0.3 is 10.0 Å². The summed E-state index contributed by atoms with van der Waals surface area (Å²) in [7, 11) is 0. The number of aliphatic hydroxyl groups is 1. The molecule has 0 saturated heterocycles. The minimum Gasteiger partial charge on any atom is -0.510 e. The van der Waals surface area contributed by atoms with E-state index in [-0.39, 0.29) is 18.1 Å². The van der Waals surface area contributed by atoms with Gasteiger partial charge in [0.15, 0.2) is 0 Å². The highest BCUT2D eigenvalue weighted by molar-refractivity contribution is 14.1. The predicted molar refractivity (Wildman–Crippen MR) is 116 cm³/mol. The highest BCUT2D eigenvalue weighted by atomic mass is 127. The van der Waals surface area contributed by atoms with Crippen LogP contribution in [-0.4, -0.2) is 22.5 Å². The van der Waals surface area contributed by atoms with Crippen molar-refractivity contribution in [3.8, 4) is 11.3 Å². The van der Waals surface area contributed by atoms with Gasteiger partial charge in [-0.15, -0.1) is 11.3 Å². The maximum Gasteiger partial charge on any atom is 0.139 e. The number of hydrogen-bond acceptors (Lipinski definition) is 4. The highest BCUT2D eigenvalue weighted by Gasteiger charge is 2.31. The summed E-state index contributed by atoms with van der Waals surface area (Å²) in [6.07, 6.45) is 0. The molecule has 4 rings (SSSR count). The SMILES string of the molecule is N=C1C(c2nc(-c3ccc(Cl)cc3)cs2)=C(O)CN1c1ccc(I)cc1. The molecule has 2 heterocycles. The molecule has 4 nitrogen and oxygen atoms in total. The molecule has 7 heteroatoms. The molecule has 0 amide bonds. The van der Waals surface area contributed by atoms with Crippen LogP contribution in [0.5, 0.6) is 0 Å². The van der Waals surface area contributed by atoms with Crippen LogP contribution in [0.2, 0.25) is 5.02 Å². The van der Waals surface area contributed by atoms with Crippen LogP contribution in [0.25, 0.3) is 16.8 Å². The van der Waals surface area contributed by atoms with Crippen molar-refractivity contribution in [3.63, 3.8) is 0 Å². The highest BCUT2D eigenvalue weighted by Crippen LogP contribution is 2.34. The molecule has 0 bridgehead atoms. The molecule has 0 unspecified atom stereocenters. The van der Waals surface area contributed by atoms with Crippen molar-refractivity contribution >= 4 is 62.6 Å². The van der Waals surface area contributed by atoms with Crippen molar-refractivity contribution in [1.29, 1.82) is 5.41 Å². The van der Waals surface area contributed by atoms with E-state index in [4.69, 9.17) is 17.0 Å². The van der Waals surface area contributed by atoms with E-state index in [0.717, 1.165) is 20.5 Å². The van der Waals surface area contributed by atoms with E-state index in [2.05, 4.69) is 27.6 Å². The van der Waals surface area contributed by atoms with E-state index in [1.165, 1.54) is 11.3 Å². The smallest absolute Gasteiger partial charge is 0.139 e. The van der Waals surface area contributed by atoms with E-state index >= 15 is 0 Å². The van der Waals surface area contributed by atoms with Gasteiger partial charge in [-0.05, 0) is 59.0 Å².